The number of benzene rings is 2. The van der Waals surface area contributed by atoms with E-state index in [9.17, 15) is 24.5 Å². The number of nitro benzene ring substituents is 1. The van der Waals surface area contributed by atoms with Crippen LogP contribution in [0.4, 0.5) is 5.69 Å². The Morgan fingerprint density at radius 2 is 1.75 bits per heavy atom. The summed E-state index contributed by atoms with van der Waals surface area (Å²) in [6.07, 6.45) is 1.00. The van der Waals surface area contributed by atoms with Crippen LogP contribution in [-0.4, -0.2) is 34.4 Å². The normalized spacial score (nSPS) is 11.5. The summed E-state index contributed by atoms with van der Waals surface area (Å²) in [6.45, 7) is 5.99. The molecule has 3 N–H and O–H groups in total. The summed E-state index contributed by atoms with van der Waals surface area (Å²) in [5.74, 6) is -2.34. The number of carboxylic acids is 1. The zero-order valence-electron chi connectivity index (χ0n) is 18.0. The Kier molecular flexibility index (Phi) is 7.84. The molecular formula is C23H25N3O6. The van der Waals surface area contributed by atoms with Crippen LogP contribution in [0.15, 0.2) is 54.2 Å². The second-order valence-electron chi connectivity index (χ2n) is 8.09. The lowest BCUT2D eigenvalue weighted by Crippen LogP contribution is -2.35. The molecular weight excluding hydrogens is 414 g/mol. The second-order valence-corrected chi connectivity index (χ2v) is 8.09. The quantitative estimate of drug-likeness (QED) is 0.328. The van der Waals surface area contributed by atoms with Gasteiger partial charge >= 0.3 is 5.97 Å². The Morgan fingerprint density at radius 1 is 1.09 bits per heavy atom. The van der Waals surface area contributed by atoms with E-state index in [0.717, 1.165) is 5.56 Å². The highest BCUT2D eigenvalue weighted by atomic mass is 16.6. The molecule has 0 radical (unpaired) electrons. The van der Waals surface area contributed by atoms with E-state index in [1.807, 2.05) is 32.9 Å². The molecule has 0 spiro atoms. The van der Waals surface area contributed by atoms with Gasteiger partial charge in [0.15, 0.2) is 0 Å². The summed E-state index contributed by atoms with van der Waals surface area (Å²) in [7, 11) is 0. The molecule has 0 aliphatic carbocycles. The third kappa shape index (κ3) is 7.05. The van der Waals surface area contributed by atoms with Gasteiger partial charge in [-0.05, 0) is 34.8 Å². The number of hydrogen-bond acceptors (Lipinski definition) is 5. The summed E-state index contributed by atoms with van der Waals surface area (Å²) in [4.78, 5) is 46.5. The van der Waals surface area contributed by atoms with Gasteiger partial charge in [0.25, 0.3) is 17.5 Å². The van der Waals surface area contributed by atoms with Crippen molar-refractivity contribution in [1.29, 1.82) is 0 Å². The number of nitro groups is 1. The average Bonchev–Trinajstić information content (AvgIpc) is 2.72. The van der Waals surface area contributed by atoms with E-state index in [2.05, 4.69) is 10.6 Å². The van der Waals surface area contributed by atoms with Gasteiger partial charge in [-0.2, -0.15) is 0 Å². The third-order valence-electron chi connectivity index (χ3n) is 4.52. The lowest BCUT2D eigenvalue weighted by Gasteiger charge is -2.19. The Bertz CT molecular complexity index is 1050. The minimum absolute atomic E-state index is 0.0911. The fourth-order valence-corrected chi connectivity index (χ4v) is 2.75. The van der Waals surface area contributed by atoms with Crippen molar-refractivity contribution >= 4 is 29.5 Å². The fraction of sp³-hybridized carbons (Fsp3) is 0.261. The first-order chi connectivity index (χ1) is 15.0. The minimum atomic E-state index is -1.09. The summed E-state index contributed by atoms with van der Waals surface area (Å²) < 4.78 is 0. The van der Waals surface area contributed by atoms with Crippen LogP contribution in [0.3, 0.4) is 0 Å². The van der Waals surface area contributed by atoms with Gasteiger partial charge < -0.3 is 15.7 Å². The van der Waals surface area contributed by atoms with E-state index in [4.69, 9.17) is 5.11 Å². The van der Waals surface area contributed by atoms with E-state index < -0.39 is 22.7 Å². The molecule has 2 amide bonds. The predicted octanol–water partition coefficient (Wildman–Crippen LogP) is 3.25. The van der Waals surface area contributed by atoms with Gasteiger partial charge in [-0.1, -0.05) is 45.0 Å². The highest BCUT2D eigenvalue weighted by molar-refractivity contribution is 6.05. The number of carbonyl (C=O) groups excluding carboxylic acids is 2. The Morgan fingerprint density at radius 3 is 2.31 bits per heavy atom. The molecule has 168 valence electrons. The number of carbonyl (C=O) groups is 3. The minimum Gasteiger partial charge on any atom is -0.481 e. The topological polar surface area (TPSA) is 139 Å². The first-order valence-electron chi connectivity index (χ1n) is 9.85. The SMILES string of the molecule is CC(C)(C)c1ccc(C(=O)NC(=Cc2cccc([N+](=O)[O-])c2)C(=O)NCCC(=O)O)cc1. The zero-order chi connectivity index (χ0) is 23.9. The van der Waals surface area contributed by atoms with Crippen LogP contribution in [0.1, 0.15) is 48.7 Å². The standard InChI is InChI=1S/C23H25N3O6/c1-23(2,3)17-9-7-16(8-10-17)21(29)25-19(22(30)24-12-11-20(27)28)14-15-5-4-6-18(13-15)26(31)32/h4-10,13-14H,11-12H2,1-3H3,(H,24,30)(H,25,29)(H,27,28). The van der Waals surface area contributed by atoms with E-state index in [-0.39, 0.29) is 29.8 Å². The zero-order valence-corrected chi connectivity index (χ0v) is 18.0. The predicted molar refractivity (Wildman–Crippen MR) is 119 cm³/mol. The molecule has 0 saturated heterocycles. The van der Waals surface area contributed by atoms with Crippen LogP contribution in [0.25, 0.3) is 6.08 Å². The molecule has 0 saturated carbocycles. The molecule has 0 aliphatic heterocycles. The first-order valence-corrected chi connectivity index (χ1v) is 9.85. The highest BCUT2D eigenvalue weighted by Gasteiger charge is 2.17. The maximum absolute atomic E-state index is 12.7. The lowest BCUT2D eigenvalue weighted by atomic mass is 9.87. The number of hydrogen-bond donors (Lipinski definition) is 3. The van der Waals surface area contributed by atoms with Gasteiger partial charge in [-0.15, -0.1) is 0 Å². The van der Waals surface area contributed by atoms with E-state index in [1.165, 1.54) is 24.3 Å². The van der Waals surface area contributed by atoms with Gasteiger partial charge in [0.2, 0.25) is 0 Å². The van der Waals surface area contributed by atoms with Crippen molar-refractivity contribution in [2.75, 3.05) is 6.54 Å². The molecule has 0 atom stereocenters. The van der Waals surface area contributed by atoms with Crippen LogP contribution >= 0.6 is 0 Å². The molecule has 2 aromatic rings. The van der Waals surface area contributed by atoms with Gasteiger partial charge in [0, 0.05) is 24.2 Å². The molecule has 0 heterocycles. The lowest BCUT2D eigenvalue weighted by molar-refractivity contribution is -0.384. The molecule has 0 aromatic heterocycles. The Labute approximate surface area is 185 Å². The Hall–Kier alpha value is -4.01. The molecule has 9 nitrogen and oxygen atoms in total. The van der Waals surface area contributed by atoms with Gasteiger partial charge in [-0.3, -0.25) is 24.5 Å². The fourth-order valence-electron chi connectivity index (χ4n) is 2.75. The summed E-state index contributed by atoms with van der Waals surface area (Å²) in [5, 5.41) is 24.7. The number of carboxylic acid groups (broad SMARTS) is 1. The number of nitrogens with zero attached hydrogens (tertiary/aromatic N) is 1. The van der Waals surface area contributed by atoms with Crippen molar-refractivity contribution in [3.63, 3.8) is 0 Å². The number of amides is 2. The first kappa shape index (κ1) is 24.3. The third-order valence-corrected chi connectivity index (χ3v) is 4.52. The molecule has 0 fully saturated rings. The van der Waals surface area contributed by atoms with E-state index in [0.29, 0.717) is 11.1 Å². The molecule has 0 aliphatic rings. The van der Waals surface area contributed by atoms with Gasteiger partial charge in [-0.25, -0.2) is 0 Å². The molecule has 0 unspecified atom stereocenters. The van der Waals surface area contributed by atoms with Crippen LogP contribution in [0.2, 0.25) is 0 Å². The second kappa shape index (κ2) is 10.3. The largest absolute Gasteiger partial charge is 0.481 e. The monoisotopic (exact) mass is 439 g/mol. The average molecular weight is 439 g/mol. The number of aliphatic carboxylic acids is 1. The van der Waals surface area contributed by atoms with E-state index >= 15 is 0 Å². The molecule has 0 bridgehead atoms. The van der Waals surface area contributed by atoms with Crippen LogP contribution < -0.4 is 10.6 Å². The van der Waals surface area contributed by atoms with Crippen LogP contribution in [0, 0.1) is 10.1 Å². The van der Waals surface area contributed by atoms with E-state index in [1.54, 1.807) is 18.2 Å². The molecule has 9 heteroatoms. The van der Waals surface area contributed by atoms with Crippen molar-refractivity contribution in [2.24, 2.45) is 0 Å². The summed E-state index contributed by atoms with van der Waals surface area (Å²) in [6, 6.07) is 12.5. The summed E-state index contributed by atoms with van der Waals surface area (Å²) >= 11 is 0. The molecule has 2 rings (SSSR count). The number of rotatable bonds is 8. The van der Waals surface area contributed by atoms with Crippen LogP contribution in [0.5, 0.6) is 0 Å². The number of non-ortho nitro benzene ring substituents is 1. The van der Waals surface area contributed by atoms with Gasteiger partial charge in [0.05, 0.1) is 11.3 Å². The van der Waals surface area contributed by atoms with Crippen molar-refractivity contribution in [3.8, 4) is 0 Å². The van der Waals surface area contributed by atoms with Crippen LogP contribution in [-0.2, 0) is 15.0 Å². The van der Waals surface area contributed by atoms with Gasteiger partial charge in [0.1, 0.15) is 5.70 Å². The molecule has 2 aromatic carbocycles. The Balaban J connectivity index is 2.30. The van der Waals surface area contributed by atoms with Crippen molar-refractivity contribution in [3.05, 3.63) is 81.0 Å². The van der Waals surface area contributed by atoms with Crippen molar-refractivity contribution < 1.29 is 24.4 Å². The smallest absolute Gasteiger partial charge is 0.305 e. The molecule has 32 heavy (non-hydrogen) atoms. The van der Waals surface area contributed by atoms with Crippen molar-refractivity contribution in [2.45, 2.75) is 32.6 Å². The number of nitrogens with one attached hydrogen (secondary N) is 2. The maximum Gasteiger partial charge on any atom is 0.305 e. The summed E-state index contributed by atoms with van der Waals surface area (Å²) in [5.41, 5.74) is 1.25. The van der Waals surface area contributed by atoms with Crippen molar-refractivity contribution in [1.82, 2.24) is 10.6 Å². The highest BCUT2D eigenvalue weighted by Crippen LogP contribution is 2.22. The maximum atomic E-state index is 12.7.